The first-order chi connectivity index (χ1) is 12.5. The predicted molar refractivity (Wildman–Crippen MR) is 96.9 cm³/mol. The maximum atomic E-state index is 12.0. The monoisotopic (exact) mass is 379 g/mol. The number of ether oxygens (including phenoxy) is 2. The van der Waals surface area contributed by atoms with Crippen LogP contribution in [0.3, 0.4) is 0 Å². The molecule has 0 saturated carbocycles. The van der Waals surface area contributed by atoms with Crippen LogP contribution in [-0.4, -0.2) is 60.9 Å². The van der Waals surface area contributed by atoms with E-state index in [9.17, 15) is 19.2 Å². The second kappa shape index (κ2) is 9.56. The van der Waals surface area contributed by atoms with Gasteiger partial charge in [0.15, 0.2) is 13.2 Å². The average molecular weight is 379 g/mol. The number of nitrogens with two attached hydrogens (primary N) is 1. The lowest BCUT2D eigenvalue weighted by Gasteiger charge is -2.23. The summed E-state index contributed by atoms with van der Waals surface area (Å²) >= 11 is 0. The number of amides is 3. The Balaban J connectivity index is 2.47. The number of esters is 1. The standard InChI is InChI=1S/C18H25N3O6/c1-18(2,3)20-15(23)9-21(4)16(24)11-27-17(25)12-5-7-13(8-6-12)26-10-14(19)22/h5-8H,9-11H2,1-4H3,(H2,19,22)(H,20,23). The summed E-state index contributed by atoms with van der Waals surface area (Å²) < 4.78 is 10.0. The van der Waals surface area contributed by atoms with E-state index in [2.05, 4.69) is 5.32 Å². The molecule has 0 aliphatic heterocycles. The van der Waals surface area contributed by atoms with E-state index in [1.54, 1.807) is 0 Å². The Kier molecular flexibility index (Phi) is 7.77. The van der Waals surface area contributed by atoms with Crippen molar-refractivity contribution in [2.75, 3.05) is 26.8 Å². The van der Waals surface area contributed by atoms with E-state index in [0.29, 0.717) is 5.75 Å². The number of carbonyl (C=O) groups is 4. The summed E-state index contributed by atoms with van der Waals surface area (Å²) in [7, 11) is 1.45. The van der Waals surface area contributed by atoms with Crippen LogP contribution >= 0.6 is 0 Å². The van der Waals surface area contributed by atoms with E-state index in [1.165, 1.54) is 36.2 Å². The maximum Gasteiger partial charge on any atom is 0.338 e. The Labute approximate surface area is 157 Å². The number of likely N-dealkylation sites (N-methyl/N-ethyl adjacent to an activating group) is 1. The van der Waals surface area contributed by atoms with Crippen LogP contribution < -0.4 is 15.8 Å². The normalized spacial score (nSPS) is 10.7. The number of nitrogens with zero attached hydrogens (tertiary/aromatic N) is 1. The fourth-order valence-corrected chi connectivity index (χ4v) is 1.92. The van der Waals surface area contributed by atoms with Crippen molar-refractivity contribution in [3.63, 3.8) is 0 Å². The Bertz CT molecular complexity index is 694. The lowest BCUT2D eigenvalue weighted by atomic mass is 10.1. The van der Waals surface area contributed by atoms with Gasteiger partial charge < -0.3 is 25.4 Å². The van der Waals surface area contributed by atoms with Crippen LogP contribution in [0.15, 0.2) is 24.3 Å². The Morgan fingerprint density at radius 1 is 1.07 bits per heavy atom. The van der Waals surface area contributed by atoms with E-state index in [1.807, 2.05) is 20.8 Å². The molecule has 0 aliphatic rings. The SMILES string of the molecule is CN(CC(=O)NC(C)(C)C)C(=O)COC(=O)c1ccc(OCC(N)=O)cc1. The van der Waals surface area contributed by atoms with E-state index in [0.717, 1.165) is 0 Å². The molecule has 1 aromatic carbocycles. The van der Waals surface area contributed by atoms with Gasteiger partial charge in [-0.15, -0.1) is 0 Å². The summed E-state index contributed by atoms with van der Waals surface area (Å²) in [6.07, 6.45) is 0. The van der Waals surface area contributed by atoms with Gasteiger partial charge in [-0.1, -0.05) is 0 Å². The molecule has 0 atom stereocenters. The van der Waals surface area contributed by atoms with Gasteiger partial charge in [0.05, 0.1) is 12.1 Å². The molecular weight excluding hydrogens is 354 g/mol. The molecule has 0 spiro atoms. The Morgan fingerprint density at radius 3 is 2.19 bits per heavy atom. The van der Waals surface area contributed by atoms with Crippen LogP contribution in [0.2, 0.25) is 0 Å². The minimum absolute atomic E-state index is 0.139. The zero-order chi connectivity index (χ0) is 20.6. The molecule has 0 fully saturated rings. The molecule has 9 heteroatoms. The number of primary amides is 1. The van der Waals surface area contributed by atoms with Crippen molar-refractivity contribution in [2.45, 2.75) is 26.3 Å². The number of rotatable bonds is 8. The van der Waals surface area contributed by atoms with Crippen LogP contribution in [0.4, 0.5) is 0 Å². The van der Waals surface area contributed by atoms with Crippen molar-refractivity contribution >= 4 is 23.7 Å². The lowest BCUT2D eigenvalue weighted by molar-refractivity contribution is -0.137. The van der Waals surface area contributed by atoms with E-state index < -0.39 is 29.9 Å². The first kappa shape index (κ1) is 21.9. The zero-order valence-electron chi connectivity index (χ0n) is 15.9. The van der Waals surface area contributed by atoms with Crippen molar-refractivity contribution in [1.29, 1.82) is 0 Å². The third-order valence-corrected chi connectivity index (χ3v) is 3.12. The third-order valence-electron chi connectivity index (χ3n) is 3.12. The van der Waals surface area contributed by atoms with Gasteiger partial charge in [0.2, 0.25) is 5.91 Å². The molecule has 0 aliphatic carbocycles. The highest BCUT2D eigenvalue weighted by Gasteiger charge is 2.19. The second-order valence-electron chi connectivity index (χ2n) is 6.90. The summed E-state index contributed by atoms with van der Waals surface area (Å²) in [5, 5.41) is 2.74. The van der Waals surface area contributed by atoms with Gasteiger partial charge in [-0.2, -0.15) is 0 Å². The highest BCUT2D eigenvalue weighted by atomic mass is 16.5. The molecule has 0 radical (unpaired) electrons. The quantitative estimate of drug-likeness (QED) is 0.616. The number of carbonyl (C=O) groups excluding carboxylic acids is 4. The molecule has 0 saturated heterocycles. The topological polar surface area (TPSA) is 128 Å². The third kappa shape index (κ3) is 8.70. The van der Waals surface area contributed by atoms with Gasteiger partial charge in [0, 0.05) is 12.6 Å². The van der Waals surface area contributed by atoms with E-state index >= 15 is 0 Å². The van der Waals surface area contributed by atoms with Gasteiger partial charge in [-0.05, 0) is 45.0 Å². The van der Waals surface area contributed by atoms with Gasteiger partial charge in [-0.3, -0.25) is 14.4 Å². The molecule has 0 heterocycles. The van der Waals surface area contributed by atoms with Crippen LogP contribution in [-0.2, 0) is 19.1 Å². The summed E-state index contributed by atoms with van der Waals surface area (Å²) in [5.41, 5.74) is 4.78. The highest BCUT2D eigenvalue weighted by Crippen LogP contribution is 2.13. The summed E-state index contributed by atoms with van der Waals surface area (Å²) in [6, 6.07) is 5.82. The van der Waals surface area contributed by atoms with Crippen LogP contribution in [0.25, 0.3) is 0 Å². The Morgan fingerprint density at radius 2 is 1.67 bits per heavy atom. The van der Waals surface area contributed by atoms with Crippen molar-refractivity contribution in [3.8, 4) is 5.75 Å². The van der Waals surface area contributed by atoms with E-state index in [-0.39, 0.29) is 24.6 Å². The highest BCUT2D eigenvalue weighted by molar-refractivity contribution is 5.92. The minimum atomic E-state index is -0.697. The molecule has 3 amide bonds. The average Bonchev–Trinajstić information content (AvgIpc) is 2.56. The van der Waals surface area contributed by atoms with Gasteiger partial charge >= 0.3 is 5.97 Å². The van der Waals surface area contributed by atoms with Crippen LogP contribution in [0.1, 0.15) is 31.1 Å². The molecule has 0 unspecified atom stereocenters. The largest absolute Gasteiger partial charge is 0.484 e. The molecule has 9 nitrogen and oxygen atoms in total. The summed E-state index contributed by atoms with van der Waals surface area (Å²) in [4.78, 5) is 47.6. The molecule has 3 N–H and O–H groups in total. The lowest BCUT2D eigenvalue weighted by Crippen LogP contribution is -2.46. The smallest absolute Gasteiger partial charge is 0.338 e. The summed E-state index contributed by atoms with van der Waals surface area (Å²) in [6.45, 7) is 4.60. The van der Waals surface area contributed by atoms with Crippen molar-refractivity contribution in [1.82, 2.24) is 10.2 Å². The zero-order valence-corrected chi connectivity index (χ0v) is 15.9. The van der Waals surface area contributed by atoms with Crippen LogP contribution in [0, 0.1) is 0 Å². The molecule has 0 aromatic heterocycles. The fourth-order valence-electron chi connectivity index (χ4n) is 1.92. The Hall–Kier alpha value is -3.10. The molecule has 148 valence electrons. The summed E-state index contributed by atoms with van der Waals surface area (Å²) in [5.74, 6) is -1.76. The molecule has 0 bridgehead atoms. The number of nitrogens with one attached hydrogen (secondary N) is 1. The molecule has 1 rings (SSSR count). The predicted octanol–water partition coefficient (Wildman–Crippen LogP) is 0.0806. The number of hydrogen-bond donors (Lipinski definition) is 2. The van der Waals surface area contributed by atoms with Gasteiger partial charge in [0.25, 0.3) is 11.8 Å². The molecule has 27 heavy (non-hydrogen) atoms. The van der Waals surface area contributed by atoms with Crippen LogP contribution in [0.5, 0.6) is 5.75 Å². The molecular formula is C18H25N3O6. The van der Waals surface area contributed by atoms with Crippen molar-refractivity contribution < 1.29 is 28.7 Å². The van der Waals surface area contributed by atoms with Crippen molar-refractivity contribution in [2.24, 2.45) is 5.73 Å². The second-order valence-corrected chi connectivity index (χ2v) is 6.90. The van der Waals surface area contributed by atoms with E-state index in [4.69, 9.17) is 15.2 Å². The van der Waals surface area contributed by atoms with Gasteiger partial charge in [-0.25, -0.2) is 4.79 Å². The number of hydrogen-bond acceptors (Lipinski definition) is 6. The first-order valence-corrected chi connectivity index (χ1v) is 8.21. The molecule has 1 aromatic rings. The number of benzene rings is 1. The van der Waals surface area contributed by atoms with Gasteiger partial charge in [0.1, 0.15) is 5.75 Å². The van der Waals surface area contributed by atoms with Crippen molar-refractivity contribution in [3.05, 3.63) is 29.8 Å². The minimum Gasteiger partial charge on any atom is -0.484 e. The first-order valence-electron chi connectivity index (χ1n) is 8.21. The fraction of sp³-hybridized carbons (Fsp3) is 0.444. The maximum absolute atomic E-state index is 12.0.